The van der Waals surface area contributed by atoms with Gasteiger partial charge in [0, 0.05) is 46.2 Å². The van der Waals surface area contributed by atoms with E-state index in [-0.39, 0.29) is 11.3 Å². The van der Waals surface area contributed by atoms with Crippen LogP contribution in [0.25, 0.3) is 0 Å². The lowest BCUT2D eigenvalue weighted by Crippen LogP contribution is -2.33. The number of rotatable bonds is 8. The molecule has 36 heavy (non-hydrogen) atoms. The van der Waals surface area contributed by atoms with Crippen LogP contribution >= 0.6 is 11.8 Å². The molecule has 1 aliphatic carbocycles. The summed E-state index contributed by atoms with van der Waals surface area (Å²) in [5, 5.41) is 9.64. The van der Waals surface area contributed by atoms with Crippen molar-refractivity contribution in [3.05, 3.63) is 113 Å². The van der Waals surface area contributed by atoms with Crippen LogP contribution in [-0.2, 0) is 17.8 Å². The van der Waals surface area contributed by atoms with Crippen LogP contribution in [-0.4, -0.2) is 26.8 Å². The molecule has 1 heterocycles. The molecule has 0 spiro atoms. The van der Waals surface area contributed by atoms with Gasteiger partial charge in [-0.2, -0.15) is 0 Å². The van der Waals surface area contributed by atoms with E-state index >= 15 is 0 Å². The second-order valence-corrected chi connectivity index (χ2v) is 9.89. The first kappa shape index (κ1) is 23.9. The maximum atomic E-state index is 12.7. The van der Waals surface area contributed by atoms with E-state index in [1.54, 1.807) is 24.5 Å². The molecule has 4 aromatic rings. The van der Waals surface area contributed by atoms with Crippen molar-refractivity contribution in [3.8, 4) is 5.75 Å². The number of aromatic amines is 1. The molecule has 0 aliphatic heterocycles. The fourth-order valence-electron chi connectivity index (χ4n) is 4.70. The number of aromatic carboxylic acids is 1. The van der Waals surface area contributed by atoms with Crippen molar-refractivity contribution in [1.82, 2.24) is 9.97 Å². The average molecular weight is 499 g/mol. The standard InChI is InChI=1S/C29H26N2O4S/c1-29(28-30-16-17-31-28,19-8-3-2-4-9-19)35-25-15-14-21-20(11-7-12-24(21)32)23(25)18-36-26-13-6-5-10-22(26)27(33)34/h2-6,8-10,13-17H,7,11-12,18H2,1H3,(H,30,31)(H,33,34)/t29-/m0/s1. The van der Waals surface area contributed by atoms with Crippen LogP contribution in [0.5, 0.6) is 5.75 Å². The van der Waals surface area contributed by atoms with E-state index in [9.17, 15) is 14.7 Å². The zero-order valence-corrected chi connectivity index (χ0v) is 20.7. The van der Waals surface area contributed by atoms with Crippen molar-refractivity contribution in [2.75, 3.05) is 0 Å². The Kier molecular flexibility index (Phi) is 6.65. The van der Waals surface area contributed by atoms with Gasteiger partial charge in [-0.1, -0.05) is 42.5 Å². The Morgan fingerprint density at radius 1 is 1.08 bits per heavy atom. The van der Waals surface area contributed by atoms with Gasteiger partial charge in [0.15, 0.2) is 17.2 Å². The van der Waals surface area contributed by atoms with Crippen LogP contribution in [0.2, 0.25) is 0 Å². The third-order valence-electron chi connectivity index (χ3n) is 6.60. The second kappa shape index (κ2) is 10.0. The number of Topliss-reactive ketones (excluding diaryl/α,β-unsaturated/α-hetero) is 1. The molecule has 0 bridgehead atoms. The van der Waals surface area contributed by atoms with E-state index in [1.165, 1.54) is 11.8 Å². The van der Waals surface area contributed by atoms with Gasteiger partial charge in [-0.05, 0) is 49.6 Å². The molecule has 1 aromatic heterocycles. The van der Waals surface area contributed by atoms with E-state index < -0.39 is 11.6 Å². The minimum atomic E-state index is -0.964. The molecular formula is C29H26N2O4S. The van der Waals surface area contributed by atoms with Gasteiger partial charge in [0.05, 0.1) is 5.56 Å². The maximum Gasteiger partial charge on any atom is 0.336 e. The topological polar surface area (TPSA) is 92.3 Å². The van der Waals surface area contributed by atoms with Crippen LogP contribution in [0, 0.1) is 0 Å². The highest BCUT2D eigenvalue weighted by molar-refractivity contribution is 7.98. The van der Waals surface area contributed by atoms with Crippen molar-refractivity contribution < 1.29 is 19.4 Å². The largest absolute Gasteiger partial charge is 0.478 e. The minimum absolute atomic E-state index is 0.136. The number of aromatic nitrogens is 2. The molecule has 0 saturated carbocycles. The number of imidazole rings is 1. The maximum absolute atomic E-state index is 12.7. The molecule has 0 fully saturated rings. The number of thioether (sulfide) groups is 1. The molecule has 0 saturated heterocycles. The third-order valence-corrected chi connectivity index (χ3v) is 7.70. The molecule has 3 aromatic carbocycles. The van der Waals surface area contributed by atoms with Crippen molar-refractivity contribution in [2.45, 2.75) is 42.4 Å². The first-order valence-corrected chi connectivity index (χ1v) is 12.8. The lowest BCUT2D eigenvalue weighted by molar-refractivity contribution is 0.0693. The predicted octanol–water partition coefficient (Wildman–Crippen LogP) is 6.26. The van der Waals surface area contributed by atoms with Gasteiger partial charge >= 0.3 is 5.97 Å². The van der Waals surface area contributed by atoms with E-state index in [1.807, 2.05) is 61.5 Å². The smallest absolute Gasteiger partial charge is 0.336 e. The fourth-order valence-corrected chi connectivity index (χ4v) is 5.80. The van der Waals surface area contributed by atoms with Crippen LogP contribution in [0.3, 0.4) is 0 Å². The summed E-state index contributed by atoms with van der Waals surface area (Å²) in [5.41, 5.74) is 2.92. The Balaban J connectivity index is 1.59. The molecule has 1 atom stereocenters. The summed E-state index contributed by atoms with van der Waals surface area (Å²) in [6, 6.07) is 20.6. The zero-order valence-electron chi connectivity index (χ0n) is 19.9. The zero-order chi connectivity index (χ0) is 25.1. The number of ether oxygens (including phenoxy) is 1. The summed E-state index contributed by atoms with van der Waals surface area (Å²) in [4.78, 5) is 32.9. The van der Waals surface area contributed by atoms with Crippen molar-refractivity contribution in [3.63, 3.8) is 0 Å². The third kappa shape index (κ3) is 4.54. The number of carbonyl (C=O) groups excluding carboxylic acids is 1. The highest BCUT2D eigenvalue weighted by atomic mass is 32.2. The molecule has 0 radical (unpaired) electrons. The molecular weight excluding hydrogens is 472 g/mol. The van der Waals surface area contributed by atoms with Crippen molar-refractivity contribution in [1.29, 1.82) is 0 Å². The predicted molar refractivity (Wildman–Crippen MR) is 139 cm³/mol. The molecule has 0 unspecified atom stereocenters. The molecule has 182 valence electrons. The lowest BCUT2D eigenvalue weighted by Gasteiger charge is -2.32. The molecule has 6 nitrogen and oxygen atoms in total. The van der Waals surface area contributed by atoms with Crippen LogP contribution < -0.4 is 4.74 Å². The Morgan fingerprint density at radius 3 is 2.61 bits per heavy atom. The summed E-state index contributed by atoms with van der Waals surface area (Å²) < 4.78 is 6.80. The summed E-state index contributed by atoms with van der Waals surface area (Å²) in [5.74, 6) is 0.967. The summed E-state index contributed by atoms with van der Waals surface area (Å²) in [7, 11) is 0. The number of hydrogen-bond acceptors (Lipinski definition) is 5. The lowest BCUT2D eigenvalue weighted by atomic mass is 9.87. The number of nitrogens with zero attached hydrogens (tertiary/aromatic N) is 1. The van der Waals surface area contributed by atoms with Crippen molar-refractivity contribution >= 4 is 23.5 Å². The molecule has 7 heteroatoms. The average Bonchev–Trinajstić information content (AvgIpc) is 3.45. The number of fused-ring (bicyclic) bond motifs is 1. The van der Waals surface area contributed by atoms with E-state index in [0.717, 1.165) is 35.1 Å². The van der Waals surface area contributed by atoms with Gasteiger partial charge in [0.2, 0.25) is 0 Å². The number of carboxylic acid groups (broad SMARTS) is 1. The van der Waals surface area contributed by atoms with Crippen molar-refractivity contribution in [2.24, 2.45) is 0 Å². The molecule has 1 aliphatic rings. The van der Waals surface area contributed by atoms with Gasteiger partial charge in [0.1, 0.15) is 5.75 Å². The number of nitrogens with one attached hydrogen (secondary N) is 1. The summed E-state index contributed by atoms with van der Waals surface area (Å²) >= 11 is 1.44. The monoisotopic (exact) mass is 498 g/mol. The normalized spacial score (nSPS) is 14.6. The molecule has 5 rings (SSSR count). The highest BCUT2D eigenvalue weighted by Crippen LogP contribution is 2.40. The number of carboxylic acids is 1. The Morgan fingerprint density at radius 2 is 1.86 bits per heavy atom. The number of hydrogen-bond donors (Lipinski definition) is 2. The highest BCUT2D eigenvalue weighted by Gasteiger charge is 2.35. The Hall–Kier alpha value is -3.84. The SMILES string of the molecule is C[C@](Oc1ccc2c(c1CSc1ccccc1C(=O)O)CCCC2=O)(c1ccccc1)c1ncc[nH]1. The van der Waals surface area contributed by atoms with E-state index in [0.29, 0.717) is 28.6 Å². The quantitative estimate of drug-likeness (QED) is 0.279. The van der Waals surface area contributed by atoms with E-state index in [2.05, 4.69) is 9.97 Å². The summed E-state index contributed by atoms with van der Waals surface area (Å²) in [6.07, 6.45) is 5.57. The van der Waals surface area contributed by atoms with Gasteiger partial charge < -0.3 is 14.8 Å². The van der Waals surface area contributed by atoms with Crippen LogP contribution in [0.15, 0.2) is 84.0 Å². The number of H-pyrrole nitrogens is 1. The van der Waals surface area contributed by atoms with Crippen LogP contribution in [0.1, 0.15) is 63.0 Å². The first-order chi connectivity index (χ1) is 17.5. The fraction of sp³-hybridized carbons (Fsp3) is 0.207. The first-order valence-electron chi connectivity index (χ1n) is 11.8. The Labute approximate surface area is 213 Å². The van der Waals surface area contributed by atoms with E-state index in [4.69, 9.17) is 4.74 Å². The number of benzene rings is 3. The summed E-state index contributed by atoms with van der Waals surface area (Å²) in [6.45, 7) is 1.97. The Bertz CT molecular complexity index is 1400. The van der Waals surface area contributed by atoms with Gasteiger partial charge in [0.25, 0.3) is 0 Å². The molecule has 0 amide bonds. The van der Waals surface area contributed by atoms with Gasteiger partial charge in [-0.15, -0.1) is 11.8 Å². The molecule has 2 N–H and O–H groups in total. The minimum Gasteiger partial charge on any atom is -0.478 e. The number of carbonyl (C=O) groups is 2. The second-order valence-electron chi connectivity index (χ2n) is 8.87. The number of ketones is 1. The van der Waals surface area contributed by atoms with Gasteiger partial charge in [-0.25, -0.2) is 9.78 Å². The van der Waals surface area contributed by atoms with Crippen LogP contribution in [0.4, 0.5) is 0 Å². The van der Waals surface area contributed by atoms with Gasteiger partial charge in [-0.3, -0.25) is 4.79 Å².